The molecule has 1 atom stereocenters. The van der Waals surface area contributed by atoms with Gasteiger partial charge in [-0.25, -0.2) is 0 Å². The molecule has 0 saturated heterocycles. The second-order valence-corrected chi connectivity index (χ2v) is 4.92. The van der Waals surface area contributed by atoms with Crippen molar-refractivity contribution < 1.29 is 9.53 Å². The van der Waals surface area contributed by atoms with E-state index in [-0.39, 0.29) is 11.9 Å². The number of hydrogen-bond acceptors (Lipinski definition) is 3. The largest absolute Gasteiger partial charge is 0.497 e. The molecule has 0 fully saturated rings. The SMILES string of the molecule is COc1ccc(C(=O)NC(C)c2cccs2)cc1. The summed E-state index contributed by atoms with van der Waals surface area (Å²) in [6.07, 6.45) is 0. The van der Waals surface area contributed by atoms with Gasteiger partial charge in [0.05, 0.1) is 13.2 Å². The molecule has 4 heteroatoms. The zero-order valence-electron chi connectivity index (χ0n) is 10.3. The number of hydrogen-bond donors (Lipinski definition) is 1. The van der Waals surface area contributed by atoms with Gasteiger partial charge in [0.15, 0.2) is 0 Å². The van der Waals surface area contributed by atoms with Crippen LogP contribution >= 0.6 is 11.3 Å². The van der Waals surface area contributed by atoms with Crippen molar-refractivity contribution in [1.82, 2.24) is 5.32 Å². The fraction of sp³-hybridized carbons (Fsp3) is 0.214. The Kier molecular flexibility index (Phi) is 3.99. The Bertz CT molecular complexity index is 505. The molecule has 0 aliphatic carbocycles. The second-order valence-electron chi connectivity index (χ2n) is 3.94. The van der Waals surface area contributed by atoms with Gasteiger partial charge in [-0.1, -0.05) is 6.07 Å². The van der Waals surface area contributed by atoms with Crippen molar-refractivity contribution in [3.63, 3.8) is 0 Å². The Labute approximate surface area is 110 Å². The fourth-order valence-corrected chi connectivity index (χ4v) is 2.37. The van der Waals surface area contributed by atoms with Crippen LogP contribution in [0.1, 0.15) is 28.2 Å². The molecule has 3 nitrogen and oxygen atoms in total. The van der Waals surface area contributed by atoms with Crippen molar-refractivity contribution in [2.75, 3.05) is 7.11 Å². The average Bonchev–Trinajstić information content (AvgIpc) is 2.92. The highest BCUT2D eigenvalue weighted by Crippen LogP contribution is 2.19. The molecule has 0 aliphatic rings. The molecule has 94 valence electrons. The van der Waals surface area contributed by atoms with E-state index in [1.54, 1.807) is 42.7 Å². The predicted molar refractivity (Wildman–Crippen MR) is 73.2 cm³/mol. The standard InChI is InChI=1S/C14H15NO2S/c1-10(13-4-3-9-18-13)15-14(16)11-5-7-12(17-2)8-6-11/h3-10H,1-2H3,(H,15,16). The maximum atomic E-state index is 12.0. The van der Waals surface area contributed by atoms with E-state index < -0.39 is 0 Å². The van der Waals surface area contributed by atoms with Crippen LogP contribution in [0.5, 0.6) is 5.75 Å². The number of methoxy groups -OCH3 is 1. The molecule has 2 rings (SSSR count). The zero-order chi connectivity index (χ0) is 13.0. The van der Waals surface area contributed by atoms with Crippen LogP contribution in [0, 0.1) is 0 Å². The highest BCUT2D eigenvalue weighted by molar-refractivity contribution is 7.10. The lowest BCUT2D eigenvalue weighted by molar-refractivity contribution is 0.0940. The Morgan fingerprint density at radius 3 is 2.56 bits per heavy atom. The van der Waals surface area contributed by atoms with Crippen LogP contribution in [0.4, 0.5) is 0 Å². The maximum absolute atomic E-state index is 12.0. The minimum Gasteiger partial charge on any atom is -0.497 e. The molecule has 0 spiro atoms. The van der Waals surface area contributed by atoms with E-state index in [1.165, 1.54) is 0 Å². The Balaban J connectivity index is 2.03. The summed E-state index contributed by atoms with van der Waals surface area (Å²) in [7, 11) is 1.61. The van der Waals surface area contributed by atoms with Crippen LogP contribution in [0.3, 0.4) is 0 Å². The van der Waals surface area contributed by atoms with Crippen molar-refractivity contribution in [2.45, 2.75) is 13.0 Å². The number of ether oxygens (including phenoxy) is 1. The van der Waals surface area contributed by atoms with Crippen LogP contribution in [-0.2, 0) is 0 Å². The molecule has 1 aromatic heterocycles. The summed E-state index contributed by atoms with van der Waals surface area (Å²) >= 11 is 1.64. The summed E-state index contributed by atoms with van der Waals surface area (Å²) < 4.78 is 5.06. The zero-order valence-corrected chi connectivity index (χ0v) is 11.2. The van der Waals surface area contributed by atoms with Gasteiger partial charge in [0.2, 0.25) is 0 Å². The number of rotatable bonds is 4. The second kappa shape index (κ2) is 5.69. The van der Waals surface area contributed by atoms with Gasteiger partial charge in [-0.15, -0.1) is 11.3 Å². The summed E-state index contributed by atoms with van der Waals surface area (Å²) in [4.78, 5) is 13.2. The molecule has 1 heterocycles. The molecule has 18 heavy (non-hydrogen) atoms. The van der Waals surface area contributed by atoms with Gasteiger partial charge in [-0.2, -0.15) is 0 Å². The third-order valence-electron chi connectivity index (χ3n) is 2.67. The summed E-state index contributed by atoms with van der Waals surface area (Å²) in [6.45, 7) is 1.98. The van der Waals surface area contributed by atoms with Crippen LogP contribution in [-0.4, -0.2) is 13.0 Å². The molecular weight excluding hydrogens is 246 g/mol. The quantitative estimate of drug-likeness (QED) is 0.917. The van der Waals surface area contributed by atoms with Crippen LogP contribution in [0.2, 0.25) is 0 Å². The van der Waals surface area contributed by atoms with Gasteiger partial charge in [-0.3, -0.25) is 4.79 Å². The number of carbonyl (C=O) groups is 1. The van der Waals surface area contributed by atoms with E-state index in [1.807, 2.05) is 24.4 Å². The van der Waals surface area contributed by atoms with E-state index in [0.717, 1.165) is 10.6 Å². The van der Waals surface area contributed by atoms with E-state index in [4.69, 9.17) is 4.74 Å². The molecule has 1 amide bonds. The molecule has 0 saturated carbocycles. The lowest BCUT2D eigenvalue weighted by Crippen LogP contribution is -2.25. The molecular formula is C14H15NO2S. The van der Waals surface area contributed by atoms with Crippen molar-refractivity contribution in [1.29, 1.82) is 0 Å². The van der Waals surface area contributed by atoms with Crippen molar-refractivity contribution in [3.8, 4) is 5.75 Å². The average molecular weight is 261 g/mol. The van der Waals surface area contributed by atoms with Gasteiger partial charge < -0.3 is 10.1 Å². The first-order chi connectivity index (χ1) is 8.70. The van der Waals surface area contributed by atoms with Gasteiger partial charge in [0, 0.05) is 10.4 Å². The smallest absolute Gasteiger partial charge is 0.251 e. The predicted octanol–water partition coefficient (Wildman–Crippen LogP) is 3.25. The monoisotopic (exact) mass is 261 g/mol. The lowest BCUT2D eigenvalue weighted by Gasteiger charge is -2.12. The summed E-state index contributed by atoms with van der Waals surface area (Å²) in [6, 6.07) is 11.1. The van der Waals surface area contributed by atoms with Crippen molar-refractivity contribution in [3.05, 3.63) is 52.2 Å². The first-order valence-electron chi connectivity index (χ1n) is 5.69. The first-order valence-corrected chi connectivity index (χ1v) is 6.57. The van der Waals surface area contributed by atoms with Gasteiger partial charge >= 0.3 is 0 Å². The van der Waals surface area contributed by atoms with Gasteiger partial charge in [-0.05, 0) is 42.6 Å². The highest BCUT2D eigenvalue weighted by Gasteiger charge is 2.11. The molecule has 1 N–H and O–H groups in total. The van der Waals surface area contributed by atoms with E-state index >= 15 is 0 Å². The molecule has 0 bridgehead atoms. The van der Waals surface area contributed by atoms with Crippen molar-refractivity contribution >= 4 is 17.2 Å². The number of benzene rings is 1. The molecule has 2 aromatic rings. The summed E-state index contributed by atoms with van der Waals surface area (Å²) in [5.41, 5.74) is 0.638. The third kappa shape index (κ3) is 2.90. The molecule has 1 unspecified atom stereocenters. The maximum Gasteiger partial charge on any atom is 0.251 e. The molecule has 0 radical (unpaired) electrons. The summed E-state index contributed by atoms with van der Waals surface area (Å²) in [5.74, 6) is 0.677. The normalized spacial score (nSPS) is 11.9. The van der Waals surface area contributed by atoms with Gasteiger partial charge in [0.25, 0.3) is 5.91 Å². The Morgan fingerprint density at radius 1 is 1.28 bits per heavy atom. The topological polar surface area (TPSA) is 38.3 Å². The van der Waals surface area contributed by atoms with Crippen LogP contribution < -0.4 is 10.1 Å². The molecule has 0 aliphatic heterocycles. The van der Waals surface area contributed by atoms with Crippen LogP contribution in [0.25, 0.3) is 0 Å². The van der Waals surface area contributed by atoms with Crippen molar-refractivity contribution in [2.24, 2.45) is 0 Å². The number of amides is 1. The fourth-order valence-electron chi connectivity index (χ4n) is 1.63. The first kappa shape index (κ1) is 12.6. The highest BCUT2D eigenvalue weighted by atomic mass is 32.1. The Morgan fingerprint density at radius 2 is 2.00 bits per heavy atom. The van der Waals surface area contributed by atoms with Gasteiger partial charge in [0.1, 0.15) is 5.75 Å². The third-order valence-corrected chi connectivity index (χ3v) is 3.72. The number of nitrogens with one attached hydrogen (secondary N) is 1. The Hall–Kier alpha value is -1.81. The number of carbonyl (C=O) groups excluding carboxylic acids is 1. The molecule has 1 aromatic carbocycles. The lowest BCUT2D eigenvalue weighted by atomic mass is 10.2. The minimum absolute atomic E-state index is 0.0274. The van der Waals surface area contributed by atoms with E-state index in [9.17, 15) is 4.79 Å². The van der Waals surface area contributed by atoms with E-state index in [0.29, 0.717) is 5.56 Å². The minimum atomic E-state index is -0.0708. The number of thiophene rings is 1. The van der Waals surface area contributed by atoms with E-state index in [2.05, 4.69) is 5.32 Å². The van der Waals surface area contributed by atoms with Crippen LogP contribution in [0.15, 0.2) is 41.8 Å². The summed E-state index contributed by atoms with van der Waals surface area (Å²) in [5, 5.41) is 4.97.